The number of fused-ring (bicyclic) bond motifs is 5. The molecule has 39 heavy (non-hydrogen) atoms. The van der Waals surface area contributed by atoms with Gasteiger partial charge in [-0.2, -0.15) is 0 Å². The van der Waals surface area contributed by atoms with E-state index in [1.807, 2.05) is 70.2 Å². The smallest absolute Gasteiger partial charge is 0.190 e. The van der Waals surface area contributed by atoms with Gasteiger partial charge in [0.15, 0.2) is 23.5 Å². The van der Waals surface area contributed by atoms with Crippen LogP contribution in [-0.4, -0.2) is 70.0 Å². The van der Waals surface area contributed by atoms with Crippen LogP contribution in [-0.2, 0) is 35.0 Å². The molecule has 3 aliphatic heterocycles. The van der Waals surface area contributed by atoms with Crippen molar-refractivity contribution in [1.82, 2.24) is 14.5 Å². The molecule has 9 nitrogen and oxygen atoms in total. The summed E-state index contributed by atoms with van der Waals surface area (Å²) in [6.07, 6.45) is -1.08. The van der Waals surface area contributed by atoms with Crippen LogP contribution >= 0.6 is 11.6 Å². The summed E-state index contributed by atoms with van der Waals surface area (Å²) in [6, 6.07) is 13.8. The average molecular weight is 554 g/mol. The maximum atomic E-state index is 6.48. The van der Waals surface area contributed by atoms with Gasteiger partial charge in [0.2, 0.25) is 0 Å². The van der Waals surface area contributed by atoms with Gasteiger partial charge in [0, 0.05) is 23.6 Å². The summed E-state index contributed by atoms with van der Waals surface area (Å²) >= 11 is 6.36. The Hall–Kier alpha value is -2.37. The molecule has 0 radical (unpaired) electrons. The summed E-state index contributed by atoms with van der Waals surface area (Å²) in [5, 5.41) is 1.66. The minimum atomic E-state index is -0.736. The lowest BCUT2D eigenvalue weighted by Gasteiger charge is -2.29. The first-order valence-corrected chi connectivity index (χ1v) is 13.8. The van der Waals surface area contributed by atoms with E-state index in [0.29, 0.717) is 24.8 Å². The topological polar surface area (TPSA) is 86.1 Å². The molecule has 0 aliphatic carbocycles. The summed E-state index contributed by atoms with van der Waals surface area (Å²) < 4.78 is 39.1. The molecule has 3 saturated heterocycles. The van der Waals surface area contributed by atoms with Crippen molar-refractivity contribution in [2.24, 2.45) is 0 Å². The maximum absolute atomic E-state index is 6.48. The van der Waals surface area contributed by atoms with Crippen LogP contribution in [0.25, 0.3) is 33.1 Å². The van der Waals surface area contributed by atoms with Gasteiger partial charge >= 0.3 is 0 Å². The number of benzene rings is 2. The molecule has 0 N–H and O–H groups in total. The van der Waals surface area contributed by atoms with Crippen molar-refractivity contribution >= 4 is 44.7 Å². The second-order valence-electron chi connectivity index (χ2n) is 11.3. The standard InChI is InChI=1S/C29H32ClN3O6/c1-28(2)35-15-21(37-28)23-24(25-27(36-23)39-29(3,4)38-25)34-13-7-12-33-20-11-10-16(30)14-17(20)22-26(33)32-19-9-6-5-8-18(19)31-22/h5-6,8-11,14,21,23-25,27H,7,12-13,15H2,1-4H3. The van der Waals surface area contributed by atoms with Crippen molar-refractivity contribution in [1.29, 1.82) is 0 Å². The largest absolute Gasteiger partial charge is 0.372 e. The third-order valence-electron chi connectivity index (χ3n) is 7.57. The second-order valence-corrected chi connectivity index (χ2v) is 11.8. The Morgan fingerprint density at radius 3 is 2.54 bits per heavy atom. The molecule has 2 aromatic carbocycles. The van der Waals surface area contributed by atoms with E-state index in [1.165, 1.54) is 0 Å². The lowest BCUT2D eigenvalue weighted by atomic mass is 10.1. The lowest BCUT2D eigenvalue weighted by Crippen LogP contribution is -2.44. The zero-order valence-corrected chi connectivity index (χ0v) is 23.2. The van der Waals surface area contributed by atoms with E-state index in [2.05, 4.69) is 4.57 Å². The first-order valence-electron chi connectivity index (χ1n) is 13.5. The van der Waals surface area contributed by atoms with Crippen molar-refractivity contribution < 1.29 is 28.4 Å². The first-order chi connectivity index (χ1) is 18.7. The van der Waals surface area contributed by atoms with Gasteiger partial charge in [0.25, 0.3) is 0 Å². The van der Waals surface area contributed by atoms with Crippen LogP contribution in [0, 0.1) is 0 Å². The molecule has 3 aliphatic rings. The molecule has 206 valence electrons. The van der Waals surface area contributed by atoms with Crippen molar-refractivity contribution in [3.8, 4) is 0 Å². The van der Waals surface area contributed by atoms with Gasteiger partial charge in [0.1, 0.15) is 29.9 Å². The maximum Gasteiger partial charge on any atom is 0.190 e. The van der Waals surface area contributed by atoms with E-state index in [1.54, 1.807) is 0 Å². The normalized spacial score (nSPS) is 29.6. The molecular formula is C29H32ClN3O6. The summed E-state index contributed by atoms with van der Waals surface area (Å²) in [5.41, 5.74) is 4.44. The highest BCUT2D eigenvalue weighted by atomic mass is 35.5. The Labute approximate surface area is 231 Å². The van der Waals surface area contributed by atoms with Gasteiger partial charge in [-0.1, -0.05) is 23.7 Å². The van der Waals surface area contributed by atoms with E-state index < -0.39 is 17.9 Å². The number of hydrogen-bond donors (Lipinski definition) is 0. The van der Waals surface area contributed by atoms with E-state index in [9.17, 15) is 0 Å². The molecule has 0 spiro atoms. The molecule has 5 unspecified atom stereocenters. The van der Waals surface area contributed by atoms with Gasteiger partial charge < -0.3 is 33.0 Å². The predicted octanol–water partition coefficient (Wildman–Crippen LogP) is 5.19. The van der Waals surface area contributed by atoms with Gasteiger partial charge in [-0.25, -0.2) is 9.97 Å². The van der Waals surface area contributed by atoms with E-state index >= 15 is 0 Å². The number of rotatable bonds is 6. The minimum Gasteiger partial charge on any atom is -0.372 e. The van der Waals surface area contributed by atoms with Gasteiger partial charge in [-0.05, 0) is 64.4 Å². The number of hydrogen-bond acceptors (Lipinski definition) is 8. The summed E-state index contributed by atoms with van der Waals surface area (Å²) in [5.74, 6) is -1.40. The molecular weight excluding hydrogens is 522 g/mol. The molecule has 0 saturated carbocycles. The number of nitrogens with zero attached hydrogens (tertiary/aromatic N) is 3. The Morgan fingerprint density at radius 2 is 1.77 bits per heavy atom. The molecule has 5 atom stereocenters. The van der Waals surface area contributed by atoms with E-state index in [-0.39, 0.29) is 24.4 Å². The summed E-state index contributed by atoms with van der Waals surface area (Å²) in [6.45, 7) is 9.19. The number of para-hydroxylation sites is 2. The second kappa shape index (κ2) is 9.34. The highest BCUT2D eigenvalue weighted by Crippen LogP contribution is 2.42. The number of halogens is 1. The van der Waals surface area contributed by atoms with Crippen LogP contribution < -0.4 is 0 Å². The van der Waals surface area contributed by atoms with Crippen LogP contribution in [0.4, 0.5) is 0 Å². The van der Waals surface area contributed by atoms with Gasteiger partial charge in [-0.15, -0.1) is 0 Å². The Bertz CT molecular complexity index is 1550. The fourth-order valence-electron chi connectivity index (χ4n) is 5.95. The number of ether oxygens (including phenoxy) is 6. The summed E-state index contributed by atoms with van der Waals surface area (Å²) in [4.78, 5) is 9.90. The Kier molecular flexibility index (Phi) is 6.13. The van der Waals surface area contributed by atoms with Crippen LogP contribution in [0.2, 0.25) is 5.02 Å². The van der Waals surface area contributed by atoms with Crippen LogP contribution in [0.3, 0.4) is 0 Å². The highest BCUT2D eigenvalue weighted by Gasteiger charge is 2.58. The monoisotopic (exact) mass is 553 g/mol. The van der Waals surface area contributed by atoms with Gasteiger partial charge in [0.05, 0.1) is 23.2 Å². The van der Waals surface area contributed by atoms with Crippen molar-refractivity contribution in [3.63, 3.8) is 0 Å². The van der Waals surface area contributed by atoms with E-state index in [4.69, 9.17) is 50.0 Å². The van der Waals surface area contributed by atoms with Crippen molar-refractivity contribution in [2.75, 3.05) is 13.2 Å². The molecule has 0 bridgehead atoms. The minimum absolute atomic E-state index is 0.267. The average Bonchev–Trinajstić information content (AvgIpc) is 3.59. The van der Waals surface area contributed by atoms with Crippen LogP contribution in [0.5, 0.6) is 0 Å². The van der Waals surface area contributed by atoms with Crippen LogP contribution in [0.15, 0.2) is 42.5 Å². The fourth-order valence-corrected chi connectivity index (χ4v) is 6.12. The third kappa shape index (κ3) is 4.60. The number of aromatic nitrogens is 3. The molecule has 0 amide bonds. The lowest BCUT2D eigenvalue weighted by molar-refractivity contribution is -0.236. The zero-order valence-electron chi connectivity index (χ0n) is 22.4. The SMILES string of the molecule is CC1(C)OCC(C2OC3OC(C)(C)OC3C2OCCCn2c3ccc(Cl)cc3c3nc4ccccc4nc32)O1. The predicted molar refractivity (Wildman–Crippen MR) is 146 cm³/mol. The molecule has 5 heterocycles. The molecule has 3 fully saturated rings. The highest BCUT2D eigenvalue weighted by molar-refractivity contribution is 6.31. The molecule has 2 aromatic heterocycles. The van der Waals surface area contributed by atoms with Crippen LogP contribution in [0.1, 0.15) is 34.1 Å². The quantitative estimate of drug-likeness (QED) is 0.301. The Morgan fingerprint density at radius 1 is 0.974 bits per heavy atom. The van der Waals surface area contributed by atoms with Crippen molar-refractivity contribution in [3.05, 3.63) is 47.5 Å². The zero-order chi connectivity index (χ0) is 26.9. The van der Waals surface area contributed by atoms with E-state index in [0.717, 1.165) is 39.5 Å². The molecule has 10 heteroatoms. The summed E-state index contributed by atoms with van der Waals surface area (Å²) in [7, 11) is 0. The molecule has 4 aromatic rings. The Balaban J connectivity index is 1.13. The first kappa shape index (κ1) is 25.6. The fraction of sp³-hybridized carbons (Fsp3) is 0.517. The van der Waals surface area contributed by atoms with Crippen molar-refractivity contribution in [2.45, 2.75) is 82.9 Å². The molecule has 7 rings (SSSR count). The third-order valence-corrected chi connectivity index (χ3v) is 7.81. The van der Waals surface area contributed by atoms with Gasteiger partial charge in [-0.3, -0.25) is 0 Å². The number of aryl methyl sites for hydroxylation is 1.